The molecule has 0 saturated heterocycles. The lowest BCUT2D eigenvalue weighted by atomic mass is 10.1. The van der Waals surface area contributed by atoms with Crippen molar-refractivity contribution < 1.29 is 27.4 Å². The van der Waals surface area contributed by atoms with E-state index in [9.17, 15) is 18.0 Å². The standard InChI is InChI=1S/C25H20F3N5O3/c1-35-20-9-8-16(12-21(20)36-2)19-13-22(25(26,27)28)33-23(32-19)18(14-30-33)24(34)31-17-7-3-5-15(11-17)6-4-10-29/h3,5,7-9,11-14H,4,6H2,1-2H3,(H,31,34). The van der Waals surface area contributed by atoms with Crippen LogP contribution in [0.2, 0.25) is 0 Å². The molecule has 1 amide bonds. The monoisotopic (exact) mass is 495 g/mol. The van der Waals surface area contributed by atoms with E-state index in [1.807, 2.05) is 6.07 Å². The van der Waals surface area contributed by atoms with Gasteiger partial charge in [0.05, 0.1) is 32.2 Å². The molecule has 8 nitrogen and oxygen atoms in total. The smallest absolute Gasteiger partial charge is 0.433 e. The number of carbonyl (C=O) groups excluding carboxylic acids is 1. The first-order valence-electron chi connectivity index (χ1n) is 10.7. The quantitative estimate of drug-likeness (QED) is 0.381. The molecule has 0 saturated carbocycles. The number of aromatic nitrogens is 3. The molecule has 2 heterocycles. The molecule has 0 atom stereocenters. The first-order chi connectivity index (χ1) is 17.2. The number of anilines is 1. The zero-order valence-corrected chi connectivity index (χ0v) is 19.3. The van der Waals surface area contributed by atoms with E-state index in [1.165, 1.54) is 20.3 Å². The Hall–Kier alpha value is -4.59. The summed E-state index contributed by atoms with van der Waals surface area (Å²) in [5, 5.41) is 15.2. The number of halogens is 3. The first kappa shape index (κ1) is 24.5. The van der Waals surface area contributed by atoms with E-state index < -0.39 is 17.8 Å². The fourth-order valence-corrected chi connectivity index (χ4v) is 3.67. The van der Waals surface area contributed by atoms with Crippen molar-refractivity contribution in [1.82, 2.24) is 14.6 Å². The van der Waals surface area contributed by atoms with Gasteiger partial charge in [0.2, 0.25) is 0 Å². The molecule has 2 aromatic heterocycles. The van der Waals surface area contributed by atoms with Gasteiger partial charge in [0.25, 0.3) is 5.91 Å². The van der Waals surface area contributed by atoms with Gasteiger partial charge in [-0.2, -0.15) is 23.5 Å². The number of nitriles is 1. The van der Waals surface area contributed by atoms with Crippen molar-refractivity contribution in [3.05, 3.63) is 71.5 Å². The second-order valence-corrected chi connectivity index (χ2v) is 7.70. The summed E-state index contributed by atoms with van der Waals surface area (Å²) >= 11 is 0. The van der Waals surface area contributed by atoms with Crippen LogP contribution in [0.25, 0.3) is 16.9 Å². The average molecular weight is 495 g/mol. The third-order valence-corrected chi connectivity index (χ3v) is 5.40. The van der Waals surface area contributed by atoms with Crippen LogP contribution < -0.4 is 14.8 Å². The van der Waals surface area contributed by atoms with Crippen molar-refractivity contribution in [2.24, 2.45) is 0 Å². The predicted molar refractivity (Wildman–Crippen MR) is 125 cm³/mol. The molecule has 0 bridgehead atoms. The van der Waals surface area contributed by atoms with Gasteiger partial charge in [0, 0.05) is 17.7 Å². The number of amides is 1. The summed E-state index contributed by atoms with van der Waals surface area (Å²) in [7, 11) is 2.86. The Morgan fingerprint density at radius 1 is 1.11 bits per heavy atom. The van der Waals surface area contributed by atoms with Crippen molar-refractivity contribution in [1.29, 1.82) is 5.26 Å². The molecule has 184 valence electrons. The van der Waals surface area contributed by atoms with Crippen LogP contribution in [0.3, 0.4) is 0 Å². The van der Waals surface area contributed by atoms with Gasteiger partial charge in [0.1, 0.15) is 5.56 Å². The van der Waals surface area contributed by atoms with Crippen molar-refractivity contribution in [2.75, 3.05) is 19.5 Å². The number of methoxy groups -OCH3 is 2. The van der Waals surface area contributed by atoms with Crippen molar-refractivity contribution in [2.45, 2.75) is 19.0 Å². The lowest BCUT2D eigenvalue weighted by molar-refractivity contribution is -0.142. The molecule has 11 heteroatoms. The maximum absolute atomic E-state index is 13.9. The van der Waals surface area contributed by atoms with E-state index in [2.05, 4.69) is 21.5 Å². The molecule has 4 aromatic rings. The second kappa shape index (κ2) is 9.95. The van der Waals surface area contributed by atoms with Gasteiger partial charge in [0.15, 0.2) is 22.8 Å². The minimum absolute atomic E-state index is 0.0242. The highest BCUT2D eigenvalue weighted by Crippen LogP contribution is 2.36. The molecule has 36 heavy (non-hydrogen) atoms. The molecule has 0 unspecified atom stereocenters. The molecule has 1 N–H and O–H groups in total. The number of nitrogens with zero attached hydrogens (tertiary/aromatic N) is 4. The van der Waals surface area contributed by atoms with Crippen molar-refractivity contribution in [3.63, 3.8) is 0 Å². The van der Waals surface area contributed by atoms with Gasteiger partial charge in [-0.3, -0.25) is 4.79 Å². The van der Waals surface area contributed by atoms with Crippen LogP contribution in [-0.2, 0) is 12.6 Å². The minimum Gasteiger partial charge on any atom is -0.493 e. The zero-order valence-electron chi connectivity index (χ0n) is 19.3. The SMILES string of the molecule is COc1ccc(-c2cc(C(F)(F)F)n3ncc(C(=O)Nc4cccc(CCC#N)c4)c3n2)cc1OC. The van der Waals surface area contributed by atoms with Gasteiger partial charge in [-0.05, 0) is 48.4 Å². The number of benzene rings is 2. The molecular weight excluding hydrogens is 475 g/mol. The average Bonchev–Trinajstić information content (AvgIpc) is 3.30. The summed E-state index contributed by atoms with van der Waals surface area (Å²) in [4.78, 5) is 17.4. The van der Waals surface area contributed by atoms with Crippen molar-refractivity contribution >= 4 is 17.2 Å². The molecule has 0 aliphatic carbocycles. The number of carbonyl (C=O) groups is 1. The van der Waals surface area contributed by atoms with Gasteiger partial charge in [-0.1, -0.05) is 12.1 Å². The summed E-state index contributed by atoms with van der Waals surface area (Å²) in [6, 6.07) is 14.4. The molecule has 0 radical (unpaired) electrons. The molecule has 4 rings (SSSR count). The van der Waals surface area contributed by atoms with Gasteiger partial charge in [-0.15, -0.1) is 0 Å². The number of nitrogens with one attached hydrogen (secondary N) is 1. The normalized spacial score (nSPS) is 11.2. The molecule has 0 spiro atoms. The Morgan fingerprint density at radius 3 is 2.58 bits per heavy atom. The Balaban J connectivity index is 1.78. The molecule has 0 fully saturated rings. The number of hydrogen-bond donors (Lipinski definition) is 1. The summed E-state index contributed by atoms with van der Waals surface area (Å²) in [6.45, 7) is 0. The Bertz CT molecular complexity index is 1470. The summed E-state index contributed by atoms with van der Waals surface area (Å²) in [6.07, 6.45) is -2.90. The summed E-state index contributed by atoms with van der Waals surface area (Å²) in [5.41, 5.74) is 0.0967. The van der Waals surface area contributed by atoms with Gasteiger partial charge in [-0.25, -0.2) is 9.50 Å². The fraction of sp³-hybridized carbons (Fsp3) is 0.200. The zero-order chi connectivity index (χ0) is 25.9. The lowest BCUT2D eigenvalue weighted by Gasteiger charge is -2.13. The Labute approximate surface area is 203 Å². The highest BCUT2D eigenvalue weighted by atomic mass is 19.4. The van der Waals surface area contributed by atoms with Crippen LogP contribution >= 0.6 is 0 Å². The lowest BCUT2D eigenvalue weighted by Crippen LogP contribution is -2.16. The van der Waals surface area contributed by atoms with E-state index in [0.717, 1.165) is 17.8 Å². The topological polar surface area (TPSA) is 102 Å². The maximum Gasteiger partial charge on any atom is 0.433 e. The van der Waals surface area contributed by atoms with E-state index in [-0.39, 0.29) is 16.9 Å². The molecule has 0 aliphatic rings. The third-order valence-electron chi connectivity index (χ3n) is 5.40. The van der Waals surface area contributed by atoms with Gasteiger partial charge < -0.3 is 14.8 Å². The summed E-state index contributed by atoms with van der Waals surface area (Å²) < 4.78 is 52.8. The molecule has 0 aliphatic heterocycles. The van der Waals surface area contributed by atoms with E-state index >= 15 is 0 Å². The highest BCUT2D eigenvalue weighted by Gasteiger charge is 2.36. The number of hydrogen-bond acceptors (Lipinski definition) is 6. The van der Waals surface area contributed by atoms with E-state index in [1.54, 1.807) is 30.3 Å². The van der Waals surface area contributed by atoms with Crippen LogP contribution in [0.1, 0.15) is 28.0 Å². The first-order valence-corrected chi connectivity index (χ1v) is 10.7. The van der Waals surface area contributed by atoms with Crippen molar-refractivity contribution in [3.8, 4) is 28.8 Å². The van der Waals surface area contributed by atoms with Gasteiger partial charge >= 0.3 is 6.18 Å². The highest BCUT2D eigenvalue weighted by molar-refractivity contribution is 6.08. The Kier molecular flexibility index (Phi) is 6.78. The van der Waals surface area contributed by atoms with Crippen LogP contribution in [0, 0.1) is 11.3 Å². The number of rotatable bonds is 7. The fourth-order valence-electron chi connectivity index (χ4n) is 3.67. The largest absolute Gasteiger partial charge is 0.493 e. The maximum atomic E-state index is 13.9. The van der Waals surface area contributed by atoms with Crippen LogP contribution in [0.5, 0.6) is 11.5 Å². The van der Waals surface area contributed by atoms with Crippen LogP contribution in [-0.4, -0.2) is 34.7 Å². The number of ether oxygens (including phenoxy) is 2. The van der Waals surface area contributed by atoms with Crippen LogP contribution in [0.4, 0.5) is 18.9 Å². The predicted octanol–water partition coefficient (Wildman–Crippen LogP) is 5.14. The second-order valence-electron chi connectivity index (χ2n) is 7.70. The minimum atomic E-state index is -4.76. The number of alkyl halides is 3. The number of aryl methyl sites for hydroxylation is 1. The number of fused-ring (bicyclic) bond motifs is 1. The third kappa shape index (κ3) is 4.93. The Morgan fingerprint density at radius 2 is 1.89 bits per heavy atom. The van der Waals surface area contributed by atoms with E-state index in [0.29, 0.717) is 40.1 Å². The summed E-state index contributed by atoms with van der Waals surface area (Å²) in [5.74, 6) is 0.0419. The molecule has 2 aromatic carbocycles. The van der Waals surface area contributed by atoms with Crippen LogP contribution in [0.15, 0.2) is 54.7 Å². The van der Waals surface area contributed by atoms with E-state index in [4.69, 9.17) is 14.7 Å². The molecular formula is C25H20F3N5O3.